The largest absolute Gasteiger partial charge is 0.324 e. The molecule has 0 aliphatic heterocycles. The van der Waals surface area contributed by atoms with Crippen molar-refractivity contribution in [2.24, 2.45) is 0 Å². The van der Waals surface area contributed by atoms with Gasteiger partial charge in [0.05, 0.1) is 11.9 Å². The molecule has 0 aliphatic carbocycles. The van der Waals surface area contributed by atoms with E-state index >= 15 is 0 Å². The highest BCUT2D eigenvalue weighted by molar-refractivity contribution is 7.92. The van der Waals surface area contributed by atoms with Gasteiger partial charge in [0.15, 0.2) is 0 Å². The second-order valence-electron chi connectivity index (χ2n) is 6.61. The molecule has 0 aliphatic rings. The van der Waals surface area contributed by atoms with E-state index in [9.17, 15) is 13.2 Å². The van der Waals surface area contributed by atoms with E-state index in [4.69, 9.17) is 11.6 Å². The maximum atomic E-state index is 13.0. The Hall–Kier alpha value is -2.83. The Labute approximate surface area is 176 Å². The monoisotopic (exact) mass is 428 g/mol. The standard InChI is InChI=1S/C22H21ClN2O3S/c1-16(25(29(2,27)28)19-14-12-18(23)13-15-19)22(26)24-21-11-7-6-10-20(21)17-8-4-3-5-9-17/h3-16H,1-2H3,(H,24,26)/t16-/m0/s1. The van der Waals surface area contributed by atoms with Crippen molar-refractivity contribution in [3.63, 3.8) is 0 Å². The van der Waals surface area contributed by atoms with E-state index in [1.54, 1.807) is 37.3 Å². The minimum atomic E-state index is -3.70. The number of hydrogen-bond acceptors (Lipinski definition) is 3. The minimum Gasteiger partial charge on any atom is -0.324 e. The number of anilines is 2. The first-order chi connectivity index (χ1) is 13.8. The number of amides is 1. The van der Waals surface area contributed by atoms with Crippen molar-refractivity contribution in [1.29, 1.82) is 0 Å². The number of para-hydroxylation sites is 1. The number of nitrogens with zero attached hydrogens (tertiary/aromatic N) is 1. The lowest BCUT2D eigenvalue weighted by molar-refractivity contribution is -0.116. The summed E-state index contributed by atoms with van der Waals surface area (Å²) in [5.41, 5.74) is 2.79. The molecule has 3 aromatic carbocycles. The van der Waals surface area contributed by atoms with Gasteiger partial charge in [0.1, 0.15) is 6.04 Å². The van der Waals surface area contributed by atoms with E-state index < -0.39 is 22.0 Å². The molecule has 0 saturated heterocycles. The highest BCUT2D eigenvalue weighted by Crippen LogP contribution is 2.29. The third kappa shape index (κ3) is 4.96. The maximum absolute atomic E-state index is 13.0. The van der Waals surface area contributed by atoms with Gasteiger partial charge in [0.25, 0.3) is 0 Å². The zero-order valence-electron chi connectivity index (χ0n) is 16.0. The first-order valence-corrected chi connectivity index (χ1v) is 11.2. The van der Waals surface area contributed by atoms with Gasteiger partial charge in [-0.25, -0.2) is 8.42 Å². The molecule has 0 fully saturated rings. The molecule has 1 N–H and O–H groups in total. The summed E-state index contributed by atoms with van der Waals surface area (Å²) in [5, 5.41) is 3.35. The number of rotatable bonds is 6. The fraction of sp³-hybridized carbons (Fsp3) is 0.136. The van der Waals surface area contributed by atoms with Crippen LogP contribution >= 0.6 is 11.6 Å². The Morgan fingerprint density at radius 2 is 1.52 bits per heavy atom. The van der Waals surface area contributed by atoms with Crippen molar-refractivity contribution in [2.75, 3.05) is 15.9 Å². The molecular formula is C22H21ClN2O3S. The molecule has 0 unspecified atom stereocenters. The van der Waals surface area contributed by atoms with Crippen molar-refractivity contribution in [3.8, 4) is 11.1 Å². The summed E-state index contributed by atoms with van der Waals surface area (Å²) >= 11 is 5.91. The fourth-order valence-corrected chi connectivity index (χ4v) is 4.40. The van der Waals surface area contributed by atoms with Crippen LogP contribution in [-0.2, 0) is 14.8 Å². The third-order valence-electron chi connectivity index (χ3n) is 4.44. The topological polar surface area (TPSA) is 66.5 Å². The van der Waals surface area contributed by atoms with Gasteiger partial charge >= 0.3 is 0 Å². The molecule has 0 aromatic heterocycles. The average Bonchev–Trinajstić information content (AvgIpc) is 2.69. The summed E-state index contributed by atoms with van der Waals surface area (Å²) in [7, 11) is -3.70. The smallest absolute Gasteiger partial charge is 0.248 e. The average molecular weight is 429 g/mol. The Kier molecular flexibility index (Phi) is 6.25. The first kappa shape index (κ1) is 20.9. The van der Waals surface area contributed by atoms with Gasteiger partial charge in [0.2, 0.25) is 15.9 Å². The van der Waals surface area contributed by atoms with Gasteiger partial charge in [-0.2, -0.15) is 0 Å². The predicted molar refractivity (Wildman–Crippen MR) is 119 cm³/mol. The molecule has 1 amide bonds. The number of benzene rings is 3. The molecule has 5 nitrogen and oxygen atoms in total. The number of halogens is 1. The lowest BCUT2D eigenvalue weighted by Gasteiger charge is -2.28. The van der Waals surface area contributed by atoms with Gasteiger partial charge in [-0.1, -0.05) is 60.1 Å². The summed E-state index contributed by atoms with van der Waals surface area (Å²) < 4.78 is 25.9. The van der Waals surface area contributed by atoms with E-state index in [-0.39, 0.29) is 0 Å². The number of nitrogens with one attached hydrogen (secondary N) is 1. The van der Waals surface area contributed by atoms with Crippen molar-refractivity contribution in [2.45, 2.75) is 13.0 Å². The number of carbonyl (C=O) groups excluding carboxylic acids is 1. The molecule has 1 atom stereocenters. The summed E-state index contributed by atoms with van der Waals surface area (Å²) in [4.78, 5) is 13.0. The van der Waals surface area contributed by atoms with Crippen LogP contribution in [0.1, 0.15) is 6.92 Å². The number of sulfonamides is 1. The van der Waals surface area contributed by atoms with Crippen LogP contribution in [0, 0.1) is 0 Å². The second-order valence-corrected chi connectivity index (χ2v) is 8.91. The van der Waals surface area contributed by atoms with Crippen molar-refractivity contribution >= 4 is 38.9 Å². The third-order valence-corrected chi connectivity index (χ3v) is 5.93. The van der Waals surface area contributed by atoms with Gasteiger partial charge in [-0.3, -0.25) is 9.10 Å². The van der Waals surface area contributed by atoms with Gasteiger partial charge in [-0.15, -0.1) is 0 Å². The summed E-state index contributed by atoms with van der Waals surface area (Å²) in [5.74, 6) is -0.436. The van der Waals surface area contributed by atoms with E-state index in [1.807, 2.05) is 48.5 Å². The van der Waals surface area contributed by atoms with Gasteiger partial charge in [-0.05, 0) is 42.8 Å². The molecule has 7 heteroatoms. The lowest BCUT2D eigenvalue weighted by atomic mass is 10.0. The van der Waals surface area contributed by atoms with Crippen LogP contribution < -0.4 is 9.62 Å². The lowest BCUT2D eigenvalue weighted by Crippen LogP contribution is -2.45. The van der Waals surface area contributed by atoms with Crippen LogP contribution in [-0.4, -0.2) is 26.6 Å². The first-order valence-electron chi connectivity index (χ1n) is 8.97. The molecule has 0 spiro atoms. The molecule has 3 rings (SSSR count). The SMILES string of the molecule is C[C@@H](C(=O)Nc1ccccc1-c1ccccc1)N(c1ccc(Cl)cc1)S(C)(=O)=O. The van der Waals surface area contributed by atoms with Crippen LogP contribution in [0.15, 0.2) is 78.9 Å². The Balaban J connectivity index is 1.91. The molecule has 29 heavy (non-hydrogen) atoms. The summed E-state index contributed by atoms with van der Waals surface area (Å²) in [6.07, 6.45) is 1.07. The zero-order valence-corrected chi connectivity index (χ0v) is 17.6. The highest BCUT2D eigenvalue weighted by atomic mass is 35.5. The maximum Gasteiger partial charge on any atom is 0.248 e. The zero-order chi connectivity index (χ0) is 21.0. The molecule has 0 heterocycles. The number of carbonyl (C=O) groups is 1. The summed E-state index contributed by atoms with van der Waals surface area (Å²) in [6.45, 7) is 1.55. The minimum absolute atomic E-state index is 0.371. The van der Waals surface area contributed by atoms with Crippen LogP contribution in [0.2, 0.25) is 5.02 Å². The fourth-order valence-electron chi connectivity index (χ4n) is 3.10. The van der Waals surface area contributed by atoms with Crippen molar-refractivity contribution in [1.82, 2.24) is 0 Å². The Bertz CT molecular complexity index is 1100. The van der Waals surface area contributed by atoms with E-state index in [2.05, 4.69) is 5.32 Å². The van der Waals surface area contributed by atoms with Gasteiger partial charge < -0.3 is 5.32 Å². The van der Waals surface area contributed by atoms with Crippen LogP contribution in [0.4, 0.5) is 11.4 Å². The van der Waals surface area contributed by atoms with Crippen LogP contribution in [0.25, 0.3) is 11.1 Å². The molecule has 150 valence electrons. The van der Waals surface area contributed by atoms with E-state index in [0.29, 0.717) is 16.4 Å². The van der Waals surface area contributed by atoms with E-state index in [0.717, 1.165) is 21.7 Å². The number of hydrogen-bond donors (Lipinski definition) is 1. The van der Waals surface area contributed by atoms with Crippen LogP contribution in [0.5, 0.6) is 0 Å². The normalized spacial score (nSPS) is 12.2. The molecule has 0 radical (unpaired) electrons. The van der Waals surface area contributed by atoms with Crippen molar-refractivity contribution in [3.05, 3.63) is 83.9 Å². The van der Waals surface area contributed by atoms with E-state index in [1.165, 1.54) is 0 Å². The molecule has 3 aromatic rings. The molecule has 0 saturated carbocycles. The second kappa shape index (κ2) is 8.68. The quantitative estimate of drug-likeness (QED) is 0.613. The van der Waals surface area contributed by atoms with Gasteiger partial charge in [0, 0.05) is 16.3 Å². The Morgan fingerprint density at radius 3 is 2.14 bits per heavy atom. The highest BCUT2D eigenvalue weighted by Gasteiger charge is 2.29. The van der Waals surface area contributed by atoms with Crippen molar-refractivity contribution < 1.29 is 13.2 Å². The molecule has 0 bridgehead atoms. The summed E-state index contributed by atoms with van der Waals surface area (Å²) in [6, 6.07) is 22.4. The molecular weight excluding hydrogens is 408 g/mol. The predicted octanol–water partition coefficient (Wildman–Crippen LogP) is 4.80. The Morgan fingerprint density at radius 1 is 0.931 bits per heavy atom. The van der Waals surface area contributed by atoms with Crippen LogP contribution in [0.3, 0.4) is 0 Å².